The van der Waals surface area contributed by atoms with Crippen LogP contribution in [0.15, 0.2) is 17.0 Å². The van der Waals surface area contributed by atoms with Gasteiger partial charge in [-0.25, -0.2) is 13.4 Å². The highest BCUT2D eigenvalue weighted by Crippen LogP contribution is 2.40. The fraction of sp³-hybridized carbons (Fsp3) is 0.750. The first-order valence-corrected chi connectivity index (χ1v) is 11.9. The molecule has 168 valence electrons. The fourth-order valence-electron chi connectivity index (χ4n) is 5.02. The van der Waals surface area contributed by atoms with Crippen LogP contribution in [0.4, 0.5) is 13.2 Å². The summed E-state index contributed by atoms with van der Waals surface area (Å²) in [7, 11) is -3.85. The Bertz CT molecular complexity index is 858. The molecule has 6 nitrogen and oxygen atoms in total. The SMILES string of the molecule is Cc1nc(C(F)(F)F)ccc1S(=O)(=O)N1CC2CC(NCC3CCOCC3)CC2C1. The predicted octanol–water partition coefficient (Wildman–Crippen LogP) is 2.82. The van der Waals surface area contributed by atoms with Crippen LogP contribution in [0, 0.1) is 24.7 Å². The number of sulfonamides is 1. The van der Waals surface area contributed by atoms with E-state index in [1.807, 2.05) is 0 Å². The first-order chi connectivity index (χ1) is 14.1. The van der Waals surface area contributed by atoms with Crippen molar-refractivity contribution in [3.63, 3.8) is 0 Å². The minimum atomic E-state index is -4.59. The summed E-state index contributed by atoms with van der Waals surface area (Å²) < 4.78 is 71.4. The third kappa shape index (κ3) is 4.51. The van der Waals surface area contributed by atoms with Crippen LogP contribution in [-0.2, 0) is 20.9 Å². The van der Waals surface area contributed by atoms with Gasteiger partial charge >= 0.3 is 6.18 Å². The second kappa shape index (κ2) is 8.37. The lowest BCUT2D eigenvalue weighted by atomic mass is 10.00. The molecule has 0 aromatic carbocycles. The quantitative estimate of drug-likeness (QED) is 0.752. The number of rotatable bonds is 5. The molecule has 2 aliphatic heterocycles. The maximum absolute atomic E-state index is 13.0. The molecular weight excluding hydrogens is 419 g/mol. The zero-order valence-corrected chi connectivity index (χ0v) is 17.8. The van der Waals surface area contributed by atoms with Gasteiger partial charge in [-0.05, 0) is 69.0 Å². The number of aryl methyl sites for hydroxylation is 1. The van der Waals surface area contributed by atoms with Gasteiger partial charge in [-0.3, -0.25) is 0 Å². The summed E-state index contributed by atoms with van der Waals surface area (Å²) in [5, 5.41) is 3.65. The second-order valence-corrected chi connectivity index (χ2v) is 10.7. The molecule has 1 N–H and O–H groups in total. The van der Waals surface area contributed by atoms with Crippen molar-refractivity contribution in [1.82, 2.24) is 14.6 Å². The molecule has 0 bridgehead atoms. The van der Waals surface area contributed by atoms with Crippen LogP contribution < -0.4 is 5.32 Å². The lowest BCUT2D eigenvalue weighted by Crippen LogP contribution is -2.36. The average molecular weight is 448 g/mol. The number of aromatic nitrogens is 1. The second-order valence-electron chi connectivity index (χ2n) is 8.75. The van der Waals surface area contributed by atoms with E-state index in [9.17, 15) is 21.6 Å². The Kier molecular flexibility index (Phi) is 6.13. The van der Waals surface area contributed by atoms with Crippen molar-refractivity contribution in [2.24, 2.45) is 17.8 Å². The van der Waals surface area contributed by atoms with Crippen LogP contribution in [0.1, 0.15) is 37.1 Å². The van der Waals surface area contributed by atoms with Crippen LogP contribution >= 0.6 is 0 Å². The molecule has 4 rings (SSSR count). The molecule has 1 aromatic rings. The van der Waals surface area contributed by atoms with Gasteiger partial charge in [-0.1, -0.05) is 0 Å². The fourth-order valence-corrected chi connectivity index (χ4v) is 6.73. The highest BCUT2D eigenvalue weighted by atomic mass is 32.2. The predicted molar refractivity (Wildman–Crippen MR) is 104 cm³/mol. The largest absolute Gasteiger partial charge is 0.433 e. The lowest BCUT2D eigenvalue weighted by molar-refractivity contribution is -0.141. The van der Waals surface area contributed by atoms with Gasteiger partial charge in [-0.2, -0.15) is 17.5 Å². The van der Waals surface area contributed by atoms with Crippen LogP contribution in [-0.4, -0.2) is 56.6 Å². The minimum absolute atomic E-state index is 0.113. The van der Waals surface area contributed by atoms with E-state index in [1.165, 1.54) is 11.2 Å². The third-order valence-electron chi connectivity index (χ3n) is 6.70. The Balaban J connectivity index is 1.36. The van der Waals surface area contributed by atoms with Gasteiger partial charge < -0.3 is 10.1 Å². The Morgan fingerprint density at radius 3 is 2.37 bits per heavy atom. The van der Waals surface area contributed by atoms with Crippen molar-refractivity contribution in [2.45, 2.75) is 49.7 Å². The number of hydrogen-bond acceptors (Lipinski definition) is 5. The Morgan fingerprint density at radius 2 is 1.80 bits per heavy atom. The number of hydrogen-bond donors (Lipinski definition) is 1. The minimum Gasteiger partial charge on any atom is -0.381 e. The molecule has 0 spiro atoms. The molecule has 3 heterocycles. The van der Waals surface area contributed by atoms with E-state index in [1.54, 1.807) is 0 Å². The topological polar surface area (TPSA) is 71.5 Å². The molecule has 0 amide bonds. The summed E-state index contributed by atoms with van der Waals surface area (Å²) in [5.41, 5.74) is -1.19. The number of alkyl halides is 3. The molecule has 2 saturated heterocycles. The molecule has 2 atom stereocenters. The molecule has 0 radical (unpaired) electrons. The highest BCUT2D eigenvalue weighted by Gasteiger charge is 2.45. The number of nitrogens with one attached hydrogen (secondary N) is 1. The zero-order chi connectivity index (χ0) is 21.5. The molecule has 1 saturated carbocycles. The van der Waals surface area contributed by atoms with Crippen LogP contribution in [0.5, 0.6) is 0 Å². The van der Waals surface area contributed by atoms with Crippen LogP contribution in [0.25, 0.3) is 0 Å². The maximum Gasteiger partial charge on any atom is 0.433 e. The molecule has 10 heteroatoms. The highest BCUT2D eigenvalue weighted by molar-refractivity contribution is 7.89. The molecule has 1 aliphatic carbocycles. The molecule has 3 aliphatic rings. The van der Waals surface area contributed by atoms with Crippen molar-refractivity contribution in [3.8, 4) is 0 Å². The van der Waals surface area contributed by atoms with Crippen molar-refractivity contribution in [1.29, 1.82) is 0 Å². The van der Waals surface area contributed by atoms with Gasteiger partial charge in [0.25, 0.3) is 0 Å². The third-order valence-corrected chi connectivity index (χ3v) is 8.66. The van der Waals surface area contributed by atoms with Gasteiger partial charge in [-0.15, -0.1) is 0 Å². The van der Waals surface area contributed by atoms with E-state index in [2.05, 4.69) is 10.3 Å². The molecule has 1 aromatic heterocycles. The van der Waals surface area contributed by atoms with Crippen molar-refractivity contribution in [3.05, 3.63) is 23.5 Å². The van der Waals surface area contributed by atoms with Gasteiger partial charge in [0.05, 0.1) is 5.69 Å². The lowest BCUT2D eigenvalue weighted by Gasteiger charge is -2.25. The first kappa shape index (κ1) is 22.0. The standard InChI is InChI=1S/C20H28F3N3O3S/c1-13-18(2-3-19(25-13)20(21,22)23)30(27,28)26-11-15-8-17(9-16(15)12-26)24-10-14-4-6-29-7-5-14/h2-3,14-17,24H,4-12H2,1H3. The summed E-state index contributed by atoms with van der Waals surface area (Å²) >= 11 is 0. The molecule has 30 heavy (non-hydrogen) atoms. The number of halogens is 3. The Hall–Kier alpha value is -1.23. The van der Waals surface area contributed by atoms with Gasteiger partial charge in [0.1, 0.15) is 10.6 Å². The average Bonchev–Trinajstić information content (AvgIpc) is 3.25. The van der Waals surface area contributed by atoms with E-state index in [0.29, 0.717) is 25.0 Å². The van der Waals surface area contributed by atoms with E-state index >= 15 is 0 Å². The van der Waals surface area contributed by atoms with E-state index in [-0.39, 0.29) is 22.4 Å². The number of ether oxygens (including phenoxy) is 1. The summed E-state index contributed by atoms with van der Waals surface area (Å²) in [4.78, 5) is 3.35. The number of pyridine rings is 1. The van der Waals surface area contributed by atoms with E-state index < -0.39 is 21.9 Å². The normalized spacial score (nSPS) is 28.7. The van der Waals surface area contributed by atoms with Crippen molar-refractivity contribution in [2.75, 3.05) is 32.8 Å². The van der Waals surface area contributed by atoms with E-state index in [0.717, 1.165) is 57.6 Å². The van der Waals surface area contributed by atoms with Crippen molar-refractivity contribution >= 4 is 10.0 Å². The molecular formula is C20H28F3N3O3S. The monoisotopic (exact) mass is 447 g/mol. The zero-order valence-electron chi connectivity index (χ0n) is 17.0. The smallest absolute Gasteiger partial charge is 0.381 e. The number of nitrogens with zero attached hydrogens (tertiary/aromatic N) is 2. The summed E-state index contributed by atoms with van der Waals surface area (Å²) in [6.45, 7) is 4.79. The van der Waals surface area contributed by atoms with Gasteiger partial charge in [0.2, 0.25) is 10.0 Å². The summed E-state index contributed by atoms with van der Waals surface area (Å²) in [6.07, 6.45) is -0.559. The van der Waals surface area contributed by atoms with Crippen molar-refractivity contribution < 1.29 is 26.3 Å². The molecule has 2 unspecified atom stereocenters. The summed E-state index contributed by atoms with van der Waals surface area (Å²) in [5.74, 6) is 1.22. The summed E-state index contributed by atoms with van der Waals surface area (Å²) in [6, 6.07) is 2.18. The Morgan fingerprint density at radius 1 is 1.17 bits per heavy atom. The maximum atomic E-state index is 13.0. The van der Waals surface area contributed by atoms with Crippen LogP contribution in [0.3, 0.4) is 0 Å². The van der Waals surface area contributed by atoms with Crippen LogP contribution in [0.2, 0.25) is 0 Å². The number of fused-ring (bicyclic) bond motifs is 1. The first-order valence-electron chi connectivity index (χ1n) is 10.5. The van der Waals surface area contributed by atoms with Gasteiger partial charge in [0.15, 0.2) is 0 Å². The van der Waals surface area contributed by atoms with E-state index in [4.69, 9.17) is 4.74 Å². The Labute approximate surface area is 175 Å². The molecule has 3 fully saturated rings. The van der Waals surface area contributed by atoms with Gasteiger partial charge in [0, 0.05) is 32.3 Å².